The second-order valence-corrected chi connectivity index (χ2v) is 6.76. The maximum Gasteiger partial charge on any atom is 0.422 e. The summed E-state index contributed by atoms with van der Waals surface area (Å²) in [6.07, 6.45) is -8.89. The van der Waals surface area contributed by atoms with Gasteiger partial charge in [-0.1, -0.05) is 0 Å². The summed E-state index contributed by atoms with van der Waals surface area (Å²) >= 11 is 0. The minimum atomic E-state index is -4.46. The molecule has 3 aromatic rings. The minimum Gasteiger partial charge on any atom is -0.484 e. The van der Waals surface area contributed by atoms with Crippen molar-refractivity contribution >= 4 is 19.4 Å². The van der Waals surface area contributed by atoms with E-state index in [0.29, 0.717) is 17.1 Å². The number of ketones is 1. The van der Waals surface area contributed by atoms with Gasteiger partial charge in [-0.15, -0.1) is 0 Å². The Bertz CT molecular complexity index is 1090. The highest BCUT2D eigenvalue weighted by Gasteiger charge is 2.29. The standard InChI is InChI=1S/C23H16F6O4.2CH2O/c24-22(25,26)13-31-17-5-1-15(2-6-17)21(30)16-3-7-19(8-4-16)33-20-11-9-18(10-12-20)32-14-23(27,28)29;2*1-2/h1-12H,13-14H2;2*1H2. The zero-order valence-corrected chi connectivity index (χ0v) is 19.0. The summed E-state index contributed by atoms with van der Waals surface area (Å²) in [6.45, 7) is 1.18. The van der Waals surface area contributed by atoms with Crippen molar-refractivity contribution in [1.82, 2.24) is 0 Å². The fourth-order valence-corrected chi connectivity index (χ4v) is 2.61. The third kappa shape index (κ3) is 11.3. The Balaban J connectivity index is 0.00000163. The summed E-state index contributed by atoms with van der Waals surface area (Å²) in [7, 11) is 0. The van der Waals surface area contributed by atoms with Crippen LogP contribution in [0.4, 0.5) is 26.3 Å². The summed E-state index contributed by atoms with van der Waals surface area (Å²) in [6, 6.07) is 16.9. The van der Waals surface area contributed by atoms with Gasteiger partial charge in [0.05, 0.1) is 0 Å². The Morgan fingerprint density at radius 1 is 0.541 bits per heavy atom. The predicted molar refractivity (Wildman–Crippen MR) is 120 cm³/mol. The van der Waals surface area contributed by atoms with Crippen molar-refractivity contribution in [3.8, 4) is 23.0 Å². The topological polar surface area (TPSA) is 78.9 Å². The highest BCUT2D eigenvalue weighted by atomic mass is 19.4. The zero-order chi connectivity index (χ0) is 28.1. The van der Waals surface area contributed by atoms with Gasteiger partial charge in [0, 0.05) is 11.1 Å². The molecule has 12 heteroatoms. The van der Waals surface area contributed by atoms with Gasteiger partial charge in [-0.25, -0.2) is 0 Å². The molecule has 0 unspecified atom stereocenters. The van der Waals surface area contributed by atoms with Crippen molar-refractivity contribution in [2.24, 2.45) is 0 Å². The van der Waals surface area contributed by atoms with E-state index in [0.717, 1.165) is 0 Å². The lowest BCUT2D eigenvalue weighted by atomic mass is 10.0. The molecular weight excluding hydrogens is 510 g/mol. The SMILES string of the molecule is C=O.C=O.O=C(c1ccc(OCC(F)(F)F)cc1)c1ccc(Oc2ccc(OCC(F)(F)F)cc2)cc1. The predicted octanol–water partition coefficient (Wildman–Crippen LogP) is 6.22. The third-order valence-electron chi connectivity index (χ3n) is 4.10. The van der Waals surface area contributed by atoms with Crippen molar-refractivity contribution in [2.75, 3.05) is 13.2 Å². The molecule has 3 aromatic carbocycles. The number of hydrogen-bond acceptors (Lipinski definition) is 6. The van der Waals surface area contributed by atoms with Crippen LogP contribution in [0.15, 0.2) is 72.8 Å². The molecule has 0 fully saturated rings. The lowest BCUT2D eigenvalue weighted by molar-refractivity contribution is -0.154. The van der Waals surface area contributed by atoms with E-state index in [4.69, 9.17) is 14.3 Å². The molecule has 0 aliphatic heterocycles. The number of carbonyl (C=O) groups excluding carboxylic acids is 3. The Morgan fingerprint density at radius 3 is 1.14 bits per heavy atom. The molecule has 0 aromatic heterocycles. The molecule has 0 spiro atoms. The van der Waals surface area contributed by atoms with Crippen molar-refractivity contribution in [1.29, 1.82) is 0 Å². The van der Waals surface area contributed by atoms with E-state index in [1.165, 1.54) is 72.8 Å². The molecular formula is C25H20F6O6. The molecule has 0 N–H and O–H groups in total. The number of carbonyl (C=O) groups is 3. The van der Waals surface area contributed by atoms with Crippen LogP contribution < -0.4 is 14.2 Å². The largest absolute Gasteiger partial charge is 0.484 e. The average Bonchev–Trinajstić information content (AvgIpc) is 2.89. The maximum absolute atomic E-state index is 12.6. The fourth-order valence-electron chi connectivity index (χ4n) is 2.61. The van der Waals surface area contributed by atoms with Crippen LogP contribution in [0.3, 0.4) is 0 Å². The molecule has 0 aliphatic rings. The van der Waals surface area contributed by atoms with E-state index in [9.17, 15) is 31.1 Å². The lowest BCUT2D eigenvalue weighted by Gasteiger charge is -2.11. The molecule has 0 radical (unpaired) electrons. The molecule has 0 heterocycles. The number of hydrogen-bond donors (Lipinski definition) is 0. The first-order valence-corrected chi connectivity index (χ1v) is 9.98. The number of benzene rings is 3. The average molecular weight is 530 g/mol. The van der Waals surface area contributed by atoms with Crippen molar-refractivity contribution in [3.05, 3.63) is 83.9 Å². The van der Waals surface area contributed by atoms with Gasteiger partial charge in [0.2, 0.25) is 0 Å². The van der Waals surface area contributed by atoms with E-state index in [1.54, 1.807) is 0 Å². The molecule has 37 heavy (non-hydrogen) atoms. The summed E-state index contributed by atoms with van der Waals surface area (Å²) in [5.74, 6) is 0.405. The first-order valence-electron chi connectivity index (χ1n) is 9.98. The molecule has 198 valence electrons. The third-order valence-corrected chi connectivity index (χ3v) is 4.10. The van der Waals surface area contributed by atoms with Crippen LogP contribution in [0.1, 0.15) is 15.9 Å². The molecule has 0 bridgehead atoms. The smallest absolute Gasteiger partial charge is 0.422 e. The molecule has 3 rings (SSSR count). The van der Waals surface area contributed by atoms with Crippen LogP contribution in [0.5, 0.6) is 23.0 Å². The summed E-state index contributed by atoms with van der Waals surface area (Å²) < 4.78 is 87.9. The monoisotopic (exact) mass is 530 g/mol. The lowest BCUT2D eigenvalue weighted by Crippen LogP contribution is -2.19. The highest BCUT2D eigenvalue weighted by Crippen LogP contribution is 2.26. The molecule has 0 amide bonds. The van der Waals surface area contributed by atoms with E-state index in [1.807, 2.05) is 13.6 Å². The van der Waals surface area contributed by atoms with E-state index >= 15 is 0 Å². The second kappa shape index (κ2) is 14.3. The zero-order valence-electron chi connectivity index (χ0n) is 19.0. The normalized spacial score (nSPS) is 10.6. The Kier molecular flexibility index (Phi) is 11.8. The van der Waals surface area contributed by atoms with Gasteiger partial charge in [0.15, 0.2) is 19.0 Å². The first kappa shape index (κ1) is 30.7. The van der Waals surface area contributed by atoms with Gasteiger partial charge in [0.25, 0.3) is 0 Å². The number of alkyl halides is 6. The summed E-state index contributed by atoms with van der Waals surface area (Å²) in [5, 5.41) is 0. The van der Waals surface area contributed by atoms with Gasteiger partial charge >= 0.3 is 12.4 Å². The van der Waals surface area contributed by atoms with Gasteiger partial charge in [-0.3, -0.25) is 4.79 Å². The summed E-state index contributed by atoms with van der Waals surface area (Å²) in [4.78, 5) is 28.6. The van der Waals surface area contributed by atoms with E-state index < -0.39 is 25.6 Å². The van der Waals surface area contributed by atoms with Crippen LogP contribution >= 0.6 is 0 Å². The van der Waals surface area contributed by atoms with Gasteiger partial charge in [-0.05, 0) is 72.8 Å². The van der Waals surface area contributed by atoms with Crippen molar-refractivity contribution in [3.63, 3.8) is 0 Å². The van der Waals surface area contributed by atoms with Crippen LogP contribution in [0.25, 0.3) is 0 Å². The summed E-state index contributed by atoms with van der Waals surface area (Å²) in [5.41, 5.74) is 0.583. The van der Waals surface area contributed by atoms with Gasteiger partial charge in [-0.2, -0.15) is 26.3 Å². The molecule has 0 saturated heterocycles. The van der Waals surface area contributed by atoms with Crippen LogP contribution in [0, 0.1) is 0 Å². The minimum absolute atomic E-state index is 0.0116. The van der Waals surface area contributed by atoms with Crippen molar-refractivity contribution in [2.45, 2.75) is 12.4 Å². The van der Waals surface area contributed by atoms with E-state index in [-0.39, 0.29) is 22.8 Å². The molecule has 0 atom stereocenters. The van der Waals surface area contributed by atoms with E-state index in [2.05, 4.69) is 9.47 Å². The Morgan fingerprint density at radius 2 is 0.811 bits per heavy atom. The van der Waals surface area contributed by atoms with Gasteiger partial charge in [0.1, 0.15) is 36.6 Å². The van der Waals surface area contributed by atoms with Gasteiger partial charge < -0.3 is 23.8 Å². The molecule has 0 aliphatic carbocycles. The quantitative estimate of drug-likeness (QED) is 0.254. The molecule has 0 saturated carbocycles. The maximum atomic E-state index is 12.6. The number of halogens is 6. The van der Waals surface area contributed by atoms with Crippen LogP contribution in [-0.2, 0) is 9.59 Å². The Hall–Kier alpha value is -4.35. The first-order chi connectivity index (χ1) is 17.5. The van der Waals surface area contributed by atoms with Crippen molar-refractivity contribution < 1.29 is 54.9 Å². The number of rotatable bonds is 8. The fraction of sp³-hybridized carbons (Fsp3) is 0.160. The molecule has 6 nitrogen and oxygen atoms in total. The van der Waals surface area contributed by atoms with Crippen LogP contribution in [-0.4, -0.2) is 44.9 Å². The van der Waals surface area contributed by atoms with Crippen LogP contribution in [0.2, 0.25) is 0 Å². The Labute approximate surface area is 207 Å². The second-order valence-electron chi connectivity index (χ2n) is 6.76. The highest BCUT2D eigenvalue weighted by molar-refractivity contribution is 6.09. The number of ether oxygens (including phenoxy) is 3.